The largest absolute Gasteiger partial charge is 0.480 e. The Morgan fingerprint density at radius 3 is 0.941 bits per heavy atom. The number of hydrogen-bond donors (Lipinski definition) is 23. The standard InChI is InChI=1S/2C17H32BN5O7S.C15H30BN5O7S.C14H28BN5O7S/c2*1-10(19)15(24)21-13-7-14(13)23(12-4-5-12)31(29,30)22-8-11(3-2-6-18(27)28)17(20,9-22)16(25)26;1-10(17)13(22)20-7-12(8-20)19(2)29(27,28)21-6-11(4-3-5-16(25)26)15(18,9-21)14(23)24;1-9(16)12(21)19-6-11(7-19)18-28(26,27)20-5-10(3-2-4-15(24)25)14(17,8-20)13(22)23/h2*10-14,27-28H,2-9,19-20H2,1H3,(H,21,24)(H,25,26);10-12,25-26H,3-9,17-18H2,1-2H3,(H,23,24);9-11,18,24-25H,2-8,16-17H2,1H3,(H,22,23)/t10-,11-,13+,14+,17-;10-,11-,13-,14-,17-;10-,11-,15-;9-,10-,14-/m0000/s1. The van der Waals surface area contributed by atoms with Crippen LogP contribution in [0.4, 0.5) is 0 Å². The minimum atomic E-state index is -4.00. The van der Waals surface area contributed by atoms with Crippen molar-refractivity contribution in [3.63, 3.8) is 0 Å². The molecule has 48 nitrogen and oxygen atoms in total. The summed E-state index contributed by atoms with van der Waals surface area (Å²) >= 11 is 0. The Balaban J connectivity index is 0.000000219. The van der Waals surface area contributed by atoms with Crippen molar-refractivity contribution < 1.29 is 133 Å². The van der Waals surface area contributed by atoms with Crippen molar-refractivity contribution in [1.29, 1.82) is 0 Å². The van der Waals surface area contributed by atoms with Crippen LogP contribution in [0.3, 0.4) is 0 Å². The number of nitrogens with zero attached hydrogens (tertiary/aromatic N) is 9. The fraction of sp³-hybridized carbons (Fsp3) is 0.873. The highest BCUT2D eigenvalue weighted by molar-refractivity contribution is 7.87. The quantitative estimate of drug-likeness (QED) is 0.0253. The molecule has 6 heterocycles. The maximum Gasteiger partial charge on any atom is 0.451 e. The molecule has 6 aliphatic heterocycles. The van der Waals surface area contributed by atoms with Crippen molar-refractivity contribution in [2.24, 2.45) is 69.5 Å². The molecule has 0 aromatic heterocycles. The molecule has 6 saturated heterocycles. The van der Waals surface area contributed by atoms with E-state index in [0.717, 1.165) is 21.5 Å². The number of carboxylic acid groups (broad SMARTS) is 4. The third-order valence-corrected chi connectivity index (χ3v) is 31.3. The second kappa shape index (κ2) is 40.4. The summed E-state index contributed by atoms with van der Waals surface area (Å²) in [4.78, 5) is 97.4. The van der Waals surface area contributed by atoms with Gasteiger partial charge in [-0.15, -0.1) is 0 Å². The van der Waals surface area contributed by atoms with E-state index in [1.54, 1.807) is 27.7 Å². The lowest BCUT2D eigenvalue weighted by Crippen LogP contribution is -2.64. The highest BCUT2D eigenvalue weighted by atomic mass is 32.2. The van der Waals surface area contributed by atoms with E-state index in [9.17, 15) is 92.5 Å². The Morgan fingerprint density at radius 1 is 0.412 bits per heavy atom. The van der Waals surface area contributed by atoms with Crippen LogP contribution >= 0.6 is 0 Å². The number of amides is 4. The first-order valence-corrected chi connectivity index (χ1v) is 45.4. The molecule has 56 heteroatoms. The van der Waals surface area contributed by atoms with E-state index in [1.807, 2.05) is 0 Å². The number of nitrogens with one attached hydrogen (secondary N) is 3. The highest BCUT2D eigenvalue weighted by Crippen LogP contribution is 2.46. The molecule has 0 aromatic rings. The van der Waals surface area contributed by atoms with Gasteiger partial charge in [0.2, 0.25) is 23.6 Å². The fourth-order valence-corrected chi connectivity index (χ4v) is 23.2. The molecule has 4 aliphatic carbocycles. The van der Waals surface area contributed by atoms with E-state index < -0.39 is 175 Å². The van der Waals surface area contributed by atoms with Crippen LogP contribution in [0.2, 0.25) is 25.3 Å². The zero-order valence-corrected chi connectivity index (χ0v) is 70.7. The Morgan fingerprint density at radius 2 is 0.681 bits per heavy atom. The maximum absolute atomic E-state index is 13.5. The summed E-state index contributed by atoms with van der Waals surface area (Å²) in [5.41, 5.74) is 39.5. The maximum atomic E-state index is 13.5. The molecule has 678 valence electrons. The van der Waals surface area contributed by atoms with Gasteiger partial charge in [0.15, 0.2) is 0 Å². The van der Waals surface area contributed by atoms with Crippen LogP contribution in [0, 0.1) is 23.7 Å². The molecule has 0 bridgehead atoms. The van der Waals surface area contributed by atoms with Crippen molar-refractivity contribution in [2.45, 2.75) is 238 Å². The van der Waals surface area contributed by atoms with Gasteiger partial charge in [0.25, 0.3) is 40.8 Å². The van der Waals surface area contributed by atoms with E-state index in [2.05, 4.69) is 15.4 Å². The smallest absolute Gasteiger partial charge is 0.451 e. The number of carbonyl (C=O) groups excluding carboxylic acids is 4. The second-order valence-corrected chi connectivity index (χ2v) is 41.0. The number of nitrogens with two attached hydrogens (primary N) is 8. The van der Waals surface area contributed by atoms with Crippen LogP contribution < -0.4 is 61.2 Å². The van der Waals surface area contributed by atoms with Crippen molar-refractivity contribution >= 4 is 117 Å². The number of carbonyl (C=O) groups is 8. The molecule has 119 heavy (non-hydrogen) atoms. The summed E-state index contributed by atoms with van der Waals surface area (Å²) in [5, 5.41) is 116. The first-order valence-electron chi connectivity index (χ1n) is 39.7. The predicted molar refractivity (Wildman–Crippen MR) is 428 cm³/mol. The van der Waals surface area contributed by atoms with E-state index >= 15 is 0 Å². The van der Waals surface area contributed by atoms with Gasteiger partial charge in [-0.2, -0.15) is 68.5 Å². The molecule has 0 spiro atoms. The van der Waals surface area contributed by atoms with Gasteiger partial charge >= 0.3 is 52.4 Å². The predicted octanol–water partition coefficient (Wildman–Crippen LogP) is -12.4. The lowest BCUT2D eigenvalue weighted by molar-refractivity contribution is -0.145. The zero-order chi connectivity index (χ0) is 89.7. The number of rotatable bonds is 40. The molecule has 10 aliphatic rings. The van der Waals surface area contributed by atoms with Crippen LogP contribution in [0.15, 0.2) is 0 Å². The molecule has 0 unspecified atom stereocenters. The Labute approximate surface area is 694 Å². The first-order chi connectivity index (χ1) is 54.9. The Hall–Kier alpha value is -5.14. The Kier molecular flexibility index (Phi) is 34.3. The molecular formula is C63H122B4N20O28S4. The molecule has 0 radical (unpaired) electrons. The molecule has 0 aromatic carbocycles. The summed E-state index contributed by atoms with van der Waals surface area (Å²) < 4.78 is 116. The molecule has 31 N–H and O–H groups in total. The number of aliphatic carboxylic acids is 4. The van der Waals surface area contributed by atoms with Gasteiger partial charge in [0, 0.05) is 146 Å². The molecule has 10 fully saturated rings. The third kappa shape index (κ3) is 24.9. The monoisotopic (exact) mass is 1780 g/mol. The van der Waals surface area contributed by atoms with Gasteiger partial charge in [0.05, 0.1) is 36.3 Å². The summed E-state index contributed by atoms with van der Waals surface area (Å²) in [5.74, 6) is -9.06. The first kappa shape index (κ1) is 101. The van der Waals surface area contributed by atoms with Crippen molar-refractivity contribution in [3.8, 4) is 0 Å². The summed E-state index contributed by atoms with van der Waals surface area (Å²) in [6, 6.07) is -5.39. The van der Waals surface area contributed by atoms with E-state index in [4.69, 9.17) is 86.1 Å². The van der Waals surface area contributed by atoms with Crippen LogP contribution in [-0.4, -0.2) is 390 Å². The van der Waals surface area contributed by atoms with Gasteiger partial charge in [-0.1, -0.05) is 25.7 Å². The fourth-order valence-electron chi connectivity index (χ4n) is 15.7. The molecule has 4 saturated carbocycles. The topological polar surface area (TPSA) is 789 Å². The molecular weight excluding hydrogens is 1660 g/mol. The Bertz CT molecular complexity index is 3920. The van der Waals surface area contributed by atoms with Gasteiger partial charge in [-0.25, -0.2) is 0 Å². The molecule has 16 atom stereocenters. The number of hydrogen-bond acceptors (Lipinski definition) is 32. The molecule has 10 rings (SSSR count). The van der Waals surface area contributed by atoms with Crippen LogP contribution in [-0.2, 0) is 79.2 Å². The van der Waals surface area contributed by atoms with Gasteiger partial charge < -0.3 is 127 Å². The van der Waals surface area contributed by atoms with Crippen molar-refractivity contribution in [3.05, 3.63) is 0 Å². The second-order valence-electron chi connectivity index (χ2n) is 33.6. The molecule has 4 amide bonds. The van der Waals surface area contributed by atoms with Crippen molar-refractivity contribution in [1.82, 2.24) is 55.3 Å². The minimum Gasteiger partial charge on any atom is -0.480 e. The summed E-state index contributed by atoms with van der Waals surface area (Å²) in [6.07, 6.45) is 6.21. The van der Waals surface area contributed by atoms with E-state index in [0.29, 0.717) is 64.2 Å². The zero-order valence-electron chi connectivity index (χ0n) is 67.4. The highest BCUT2D eigenvalue weighted by Gasteiger charge is 2.62. The summed E-state index contributed by atoms with van der Waals surface area (Å²) in [7, 11) is -20.6. The average molecular weight is 1780 g/mol. The van der Waals surface area contributed by atoms with Crippen LogP contribution in [0.5, 0.6) is 0 Å². The number of likely N-dealkylation sites (N-methyl/N-ethyl adjacent to an activating group) is 1. The van der Waals surface area contributed by atoms with Gasteiger partial charge in [-0.3, -0.25) is 38.4 Å². The lowest BCUT2D eigenvalue weighted by atomic mass is 9.78. The average Bonchev–Trinajstić information content (AvgIpc) is 1.58. The SMILES string of the molecule is C[C@H](N)C(=O)N1CC(N(C)S(=O)(=O)N2C[C@H](CCCB(O)O)[C@](N)(C(=O)O)C2)C1.C[C@H](N)C(=O)N1CC(NS(=O)(=O)N2C[C@H](CCCB(O)O)[C@](N)(C(=O)O)C2)C1.C[C@H](N)C(=O)N[C@@H]1C[C@H]1N(C1CC1)S(=O)(=O)N1C[C@H](CCCB(O)O)[C@](N)(C(=O)O)C1.C[C@H](N)C(=O)N[C@H]1C[C@@H]1N(C1CC1)S(=O)(=O)N1C[C@H](CCCB(O)O)[C@](N)(C(=O)O)C1. The summed E-state index contributed by atoms with van der Waals surface area (Å²) in [6.45, 7) is 5.27. The number of likely N-dealkylation sites (tertiary alicyclic amines) is 2. The minimum absolute atomic E-state index is 0.0443. The van der Waals surface area contributed by atoms with Crippen LogP contribution in [0.1, 0.15) is 118 Å². The van der Waals surface area contributed by atoms with E-state index in [1.165, 1.54) is 25.5 Å². The number of carboxylic acids is 4. The van der Waals surface area contributed by atoms with Gasteiger partial charge in [-0.05, 0) is 117 Å². The van der Waals surface area contributed by atoms with Crippen LogP contribution in [0.25, 0.3) is 0 Å². The van der Waals surface area contributed by atoms with Crippen molar-refractivity contribution in [2.75, 3.05) is 85.6 Å². The van der Waals surface area contributed by atoms with E-state index in [-0.39, 0.29) is 189 Å². The third-order valence-electron chi connectivity index (χ3n) is 23.7. The lowest BCUT2D eigenvalue weighted by Gasteiger charge is -2.44. The normalized spacial score (nSPS) is 29.8. The van der Waals surface area contributed by atoms with Gasteiger partial charge in [0.1, 0.15) is 22.2 Å².